The zero-order valence-electron chi connectivity index (χ0n) is 16.4. The first-order valence-corrected chi connectivity index (χ1v) is 10.1. The lowest BCUT2D eigenvalue weighted by molar-refractivity contribution is -0.177. The molecule has 1 saturated heterocycles. The van der Waals surface area contributed by atoms with Crippen LogP contribution in [0.4, 0.5) is 5.95 Å². The Balaban J connectivity index is 1.77. The summed E-state index contributed by atoms with van der Waals surface area (Å²) in [5.41, 5.74) is 6.30. The molecular formula is C21H24ClN5O2. The van der Waals surface area contributed by atoms with E-state index < -0.39 is 5.54 Å². The fourth-order valence-corrected chi connectivity index (χ4v) is 4.58. The van der Waals surface area contributed by atoms with Gasteiger partial charge in [0.1, 0.15) is 6.33 Å². The van der Waals surface area contributed by atoms with E-state index in [0.717, 1.165) is 31.2 Å². The number of hydrogen-bond acceptors (Lipinski definition) is 6. The quantitative estimate of drug-likeness (QED) is 0.775. The van der Waals surface area contributed by atoms with Crippen LogP contribution in [-0.4, -0.2) is 44.5 Å². The van der Waals surface area contributed by atoms with Crippen molar-refractivity contribution < 1.29 is 9.53 Å². The number of amides is 1. The van der Waals surface area contributed by atoms with E-state index >= 15 is 0 Å². The lowest BCUT2D eigenvalue weighted by Crippen LogP contribution is -2.61. The Morgan fingerprint density at radius 3 is 2.76 bits per heavy atom. The molecular weight excluding hydrogens is 390 g/mol. The molecule has 1 unspecified atom stereocenters. The number of nitrogen functional groups attached to an aromatic ring is 1. The normalized spacial score (nSPS) is 23.3. The molecule has 0 radical (unpaired) electrons. The first kappa shape index (κ1) is 19.8. The number of hydrogen-bond donors (Lipinski definition) is 1. The SMILES string of the molecule is C=CC(=O)N1CC2(CCCC2)OCC1(C)c1cc(Cl)cc(-c2ncnc(N)n2)c1. The molecule has 7 nitrogen and oxygen atoms in total. The van der Waals surface area contributed by atoms with Crippen LogP contribution >= 0.6 is 11.6 Å². The number of anilines is 1. The summed E-state index contributed by atoms with van der Waals surface area (Å²) in [5.74, 6) is 0.443. The molecule has 1 spiro atoms. The summed E-state index contributed by atoms with van der Waals surface area (Å²) >= 11 is 6.44. The van der Waals surface area contributed by atoms with Crippen LogP contribution in [0.3, 0.4) is 0 Å². The van der Waals surface area contributed by atoms with Crippen molar-refractivity contribution in [1.82, 2.24) is 19.9 Å². The molecule has 1 aliphatic carbocycles. The average molecular weight is 414 g/mol. The lowest BCUT2D eigenvalue weighted by Gasteiger charge is -2.51. The fourth-order valence-electron chi connectivity index (χ4n) is 4.35. The molecule has 2 aromatic rings. The smallest absolute Gasteiger partial charge is 0.246 e. The zero-order valence-corrected chi connectivity index (χ0v) is 17.2. The molecule has 2 N–H and O–H groups in total. The van der Waals surface area contributed by atoms with Crippen molar-refractivity contribution in [2.45, 2.75) is 43.7 Å². The Kier molecular flexibility index (Phi) is 5.04. The van der Waals surface area contributed by atoms with Crippen molar-refractivity contribution in [1.29, 1.82) is 0 Å². The van der Waals surface area contributed by atoms with E-state index in [1.54, 1.807) is 6.07 Å². The van der Waals surface area contributed by atoms with Gasteiger partial charge in [0.25, 0.3) is 0 Å². The maximum absolute atomic E-state index is 12.9. The minimum atomic E-state index is -0.697. The van der Waals surface area contributed by atoms with Gasteiger partial charge < -0.3 is 15.4 Å². The number of carbonyl (C=O) groups excluding carboxylic acids is 1. The maximum atomic E-state index is 12.9. The van der Waals surface area contributed by atoms with E-state index in [9.17, 15) is 4.79 Å². The number of halogens is 1. The van der Waals surface area contributed by atoms with E-state index in [0.29, 0.717) is 29.6 Å². The molecule has 1 atom stereocenters. The monoisotopic (exact) mass is 413 g/mol. The van der Waals surface area contributed by atoms with Crippen LogP contribution in [0.2, 0.25) is 5.02 Å². The number of ether oxygens (including phenoxy) is 1. The van der Waals surface area contributed by atoms with Crippen LogP contribution < -0.4 is 5.73 Å². The number of benzene rings is 1. The second-order valence-electron chi connectivity index (χ2n) is 7.98. The summed E-state index contributed by atoms with van der Waals surface area (Å²) in [6, 6.07) is 5.56. The van der Waals surface area contributed by atoms with Gasteiger partial charge in [-0.25, -0.2) is 9.97 Å². The first-order chi connectivity index (χ1) is 13.8. The highest BCUT2D eigenvalue weighted by Crippen LogP contribution is 2.44. The van der Waals surface area contributed by atoms with Crippen molar-refractivity contribution in [2.24, 2.45) is 0 Å². The van der Waals surface area contributed by atoms with Gasteiger partial charge in [0.15, 0.2) is 5.82 Å². The predicted octanol–water partition coefficient (Wildman–Crippen LogP) is 3.35. The van der Waals surface area contributed by atoms with E-state index in [2.05, 4.69) is 21.5 Å². The van der Waals surface area contributed by atoms with Crippen molar-refractivity contribution in [2.75, 3.05) is 18.9 Å². The van der Waals surface area contributed by atoms with Gasteiger partial charge in [-0.15, -0.1) is 0 Å². The number of nitrogens with two attached hydrogens (primary N) is 1. The molecule has 1 aromatic heterocycles. The Bertz CT molecular complexity index is 960. The second kappa shape index (κ2) is 7.39. The van der Waals surface area contributed by atoms with Crippen LogP contribution in [0.15, 0.2) is 37.2 Å². The molecule has 1 saturated carbocycles. The maximum Gasteiger partial charge on any atom is 0.246 e. The van der Waals surface area contributed by atoms with Crippen LogP contribution in [-0.2, 0) is 15.1 Å². The van der Waals surface area contributed by atoms with E-state index in [4.69, 9.17) is 22.1 Å². The van der Waals surface area contributed by atoms with Gasteiger partial charge in [-0.3, -0.25) is 4.79 Å². The van der Waals surface area contributed by atoms with Crippen LogP contribution in [0, 0.1) is 0 Å². The van der Waals surface area contributed by atoms with Crippen molar-refractivity contribution >= 4 is 23.5 Å². The fraction of sp³-hybridized carbons (Fsp3) is 0.429. The van der Waals surface area contributed by atoms with Gasteiger partial charge in [-0.05, 0) is 49.6 Å². The molecule has 0 bridgehead atoms. The largest absolute Gasteiger partial charge is 0.370 e. The molecule has 2 fully saturated rings. The van der Waals surface area contributed by atoms with E-state index in [1.165, 1.54) is 12.4 Å². The molecule has 29 heavy (non-hydrogen) atoms. The second-order valence-corrected chi connectivity index (χ2v) is 8.41. The topological polar surface area (TPSA) is 94.2 Å². The minimum Gasteiger partial charge on any atom is -0.370 e. The van der Waals surface area contributed by atoms with E-state index in [1.807, 2.05) is 24.0 Å². The van der Waals surface area contributed by atoms with Gasteiger partial charge in [0.2, 0.25) is 11.9 Å². The first-order valence-electron chi connectivity index (χ1n) is 9.69. The van der Waals surface area contributed by atoms with Gasteiger partial charge >= 0.3 is 0 Å². The standard InChI is InChI=1S/C21H24ClN5O2/c1-3-17(28)27-11-21(6-4-5-7-21)29-12-20(27,2)15-8-14(9-16(22)10-15)18-24-13-25-19(23)26-18/h3,8-10,13H,1,4-7,11-12H2,2H3,(H2,23,24,25,26). The number of morpholine rings is 1. The number of rotatable bonds is 3. The predicted molar refractivity (Wildman–Crippen MR) is 111 cm³/mol. The molecule has 8 heteroatoms. The van der Waals surface area contributed by atoms with Gasteiger partial charge in [-0.2, -0.15) is 4.98 Å². The number of carbonyl (C=O) groups is 1. The molecule has 1 aliphatic heterocycles. The van der Waals surface area contributed by atoms with Crippen LogP contribution in [0.5, 0.6) is 0 Å². The Hall–Kier alpha value is -2.51. The highest BCUT2D eigenvalue weighted by Gasteiger charge is 2.49. The molecule has 4 rings (SSSR count). The summed E-state index contributed by atoms with van der Waals surface area (Å²) in [7, 11) is 0. The number of nitrogens with zero attached hydrogens (tertiary/aromatic N) is 4. The highest BCUT2D eigenvalue weighted by atomic mass is 35.5. The number of aromatic nitrogens is 3. The Labute approximate surface area is 175 Å². The van der Waals surface area contributed by atoms with E-state index in [-0.39, 0.29) is 17.5 Å². The summed E-state index contributed by atoms with van der Waals surface area (Å²) in [5, 5.41) is 0.518. The molecule has 152 valence electrons. The summed E-state index contributed by atoms with van der Waals surface area (Å²) in [4.78, 5) is 26.9. The van der Waals surface area contributed by atoms with Gasteiger partial charge in [0.05, 0.1) is 24.3 Å². The minimum absolute atomic E-state index is 0.118. The van der Waals surface area contributed by atoms with Gasteiger partial charge in [0, 0.05) is 10.6 Å². The zero-order chi connectivity index (χ0) is 20.6. The van der Waals surface area contributed by atoms with Crippen molar-refractivity contribution in [3.05, 3.63) is 47.8 Å². The molecule has 2 heterocycles. The average Bonchev–Trinajstić information content (AvgIpc) is 3.17. The third kappa shape index (κ3) is 3.60. The highest BCUT2D eigenvalue weighted by molar-refractivity contribution is 6.31. The van der Waals surface area contributed by atoms with Crippen LogP contribution in [0.1, 0.15) is 38.2 Å². The van der Waals surface area contributed by atoms with Crippen molar-refractivity contribution in [3.8, 4) is 11.4 Å². The van der Waals surface area contributed by atoms with Gasteiger partial charge in [-0.1, -0.05) is 31.0 Å². The molecule has 1 amide bonds. The Morgan fingerprint density at radius 1 is 1.31 bits per heavy atom. The summed E-state index contributed by atoms with van der Waals surface area (Å²) in [6.07, 6.45) is 6.90. The third-order valence-corrected chi connectivity index (χ3v) is 6.24. The summed E-state index contributed by atoms with van der Waals surface area (Å²) in [6.45, 7) is 6.61. The third-order valence-electron chi connectivity index (χ3n) is 6.03. The lowest BCUT2D eigenvalue weighted by atomic mass is 9.84. The van der Waals surface area contributed by atoms with Crippen LogP contribution in [0.25, 0.3) is 11.4 Å². The molecule has 2 aliphatic rings. The summed E-state index contributed by atoms with van der Waals surface area (Å²) < 4.78 is 6.39. The Morgan fingerprint density at radius 2 is 2.07 bits per heavy atom. The molecule has 1 aromatic carbocycles. The van der Waals surface area contributed by atoms with Crippen molar-refractivity contribution in [3.63, 3.8) is 0 Å².